The maximum absolute atomic E-state index is 12.1. The summed E-state index contributed by atoms with van der Waals surface area (Å²) < 4.78 is 11.3. The Morgan fingerprint density at radius 2 is 1.84 bits per heavy atom. The van der Waals surface area contributed by atoms with Gasteiger partial charge in [-0.25, -0.2) is 4.79 Å². The molecule has 19 heavy (non-hydrogen) atoms. The second-order valence-corrected chi connectivity index (χ2v) is 6.17. The topological polar surface area (TPSA) is 38.8 Å². The molecule has 1 amide bonds. The Hall–Kier alpha value is -0.770. The van der Waals surface area contributed by atoms with Crippen LogP contribution in [0, 0.1) is 11.8 Å². The summed E-state index contributed by atoms with van der Waals surface area (Å²) in [5.74, 6) is 0.878. The van der Waals surface area contributed by atoms with E-state index in [4.69, 9.17) is 9.47 Å². The van der Waals surface area contributed by atoms with Crippen molar-refractivity contribution in [2.75, 3.05) is 19.7 Å². The molecule has 0 spiro atoms. The average molecular weight is 269 g/mol. The van der Waals surface area contributed by atoms with Gasteiger partial charge in [0.1, 0.15) is 0 Å². The summed E-state index contributed by atoms with van der Waals surface area (Å²) in [5, 5.41) is 0. The number of hydrogen-bond acceptors (Lipinski definition) is 3. The minimum Gasteiger partial charge on any atom is -0.419 e. The Balaban J connectivity index is 1.75. The van der Waals surface area contributed by atoms with Gasteiger partial charge in [0.15, 0.2) is 0 Å². The van der Waals surface area contributed by atoms with Gasteiger partial charge in [-0.3, -0.25) is 0 Å². The van der Waals surface area contributed by atoms with Crippen LogP contribution in [0.3, 0.4) is 0 Å². The molecule has 1 aliphatic heterocycles. The molecule has 1 heterocycles. The van der Waals surface area contributed by atoms with Gasteiger partial charge < -0.3 is 14.4 Å². The van der Waals surface area contributed by atoms with E-state index in [0.29, 0.717) is 5.92 Å². The monoisotopic (exact) mass is 269 g/mol. The zero-order chi connectivity index (χ0) is 13.7. The highest BCUT2D eigenvalue weighted by Gasteiger charge is 2.26. The molecule has 0 radical (unpaired) electrons. The van der Waals surface area contributed by atoms with E-state index in [1.54, 1.807) is 0 Å². The maximum atomic E-state index is 12.1. The Morgan fingerprint density at radius 1 is 1.16 bits per heavy atom. The molecule has 0 aromatic carbocycles. The Morgan fingerprint density at radius 3 is 2.37 bits per heavy atom. The molecule has 1 atom stereocenters. The van der Waals surface area contributed by atoms with Gasteiger partial charge in [-0.05, 0) is 38.0 Å². The fourth-order valence-electron chi connectivity index (χ4n) is 2.50. The van der Waals surface area contributed by atoms with Crippen LogP contribution in [0.2, 0.25) is 0 Å². The Labute approximate surface area is 116 Å². The molecule has 110 valence electrons. The standard InChI is InChI=1S/C15H27NO3/c1-12(2)14(18-11-13-7-6-8-13)19-15(17)16-9-4-3-5-10-16/h12-14H,3-11H2,1-2H3. The van der Waals surface area contributed by atoms with E-state index in [9.17, 15) is 4.79 Å². The largest absolute Gasteiger partial charge is 0.419 e. The summed E-state index contributed by atoms with van der Waals surface area (Å²) >= 11 is 0. The second-order valence-electron chi connectivity index (χ2n) is 6.17. The molecule has 2 rings (SSSR count). The molecule has 0 N–H and O–H groups in total. The minimum atomic E-state index is -0.393. The van der Waals surface area contributed by atoms with Crippen molar-refractivity contribution in [2.45, 2.75) is 58.7 Å². The first-order valence-electron chi connectivity index (χ1n) is 7.74. The fourth-order valence-corrected chi connectivity index (χ4v) is 2.50. The number of hydrogen-bond donors (Lipinski definition) is 0. The molecule has 1 saturated carbocycles. The lowest BCUT2D eigenvalue weighted by molar-refractivity contribution is -0.148. The van der Waals surface area contributed by atoms with Crippen LogP contribution in [0.1, 0.15) is 52.4 Å². The Bertz CT molecular complexity index is 283. The zero-order valence-corrected chi connectivity index (χ0v) is 12.3. The van der Waals surface area contributed by atoms with E-state index >= 15 is 0 Å². The summed E-state index contributed by atoms with van der Waals surface area (Å²) in [4.78, 5) is 13.9. The van der Waals surface area contributed by atoms with Gasteiger partial charge in [0, 0.05) is 19.0 Å². The summed E-state index contributed by atoms with van der Waals surface area (Å²) in [5.41, 5.74) is 0. The third kappa shape index (κ3) is 4.37. The third-order valence-electron chi connectivity index (χ3n) is 4.10. The molecule has 2 fully saturated rings. The zero-order valence-electron chi connectivity index (χ0n) is 12.3. The molecule has 1 saturated heterocycles. The van der Waals surface area contributed by atoms with Gasteiger partial charge in [-0.15, -0.1) is 0 Å². The summed E-state index contributed by atoms with van der Waals surface area (Å²) in [6.07, 6.45) is 6.62. The number of likely N-dealkylation sites (tertiary alicyclic amines) is 1. The van der Waals surface area contributed by atoms with Crippen LogP contribution < -0.4 is 0 Å². The van der Waals surface area contributed by atoms with Crippen molar-refractivity contribution in [3.05, 3.63) is 0 Å². The van der Waals surface area contributed by atoms with Gasteiger partial charge in [0.2, 0.25) is 6.29 Å². The van der Waals surface area contributed by atoms with Crippen LogP contribution in [0.5, 0.6) is 0 Å². The number of piperidine rings is 1. The van der Waals surface area contributed by atoms with Gasteiger partial charge in [0.05, 0.1) is 6.61 Å². The number of ether oxygens (including phenoxy) is 2. The first kappa shape index (κ1) is 14.6. The molecular formula is C15H27NO3. The predicted octanol–water partition coefficient (Wildman–Crippen LogP) is 3.41. The quantitative estimate of drug-likeness (QED) is 0.718. The molecule has 0 aromatic rings. The molecular weight excluding hydrogens is 242 g/mol. The van der Waals surface area contributed by atoms with E-state index in [0.717, 1.165) is 32.5 Å². The Kier molecular flexibility index (Phi) is 5.49. The summed E-state index contributed by atoms with van der Waals surface area (Å²) in [6.45, 7) is 6.46. The number of carbonyl (C=O) groups is 1. The highest BCUT2D eigenvalue weighted by atomic mass is 16.7. The van der Waals surface area contributed by atoms with Crippen LogP contribution in [-0.2, 0) is 9.47 Å². The molecule has 0 aromatic heterocycles. The lowest BCUT2D eigenvalue weighted by Crippen LogP contribution is -2.40. The smallest absolute Gasteiger partial charge is 0.412 e. The van der Waals surface area contributed by atoms with Crippen molar-refractivity contribution in [3.63, 3.8) is 0 Å². The van der Waals surface area contributed by atoms with Crippen molar-refractivity contribution >= 4 is 6.09 Å². The molecule has 0 bridgehead atoms. The van der Waals surface area contributed by atoms with E-state index in [2.05, 4.69) is 0 Å². The number of amides is 1. The number of carbonyl (C=O) groups excluding carboxylic acids is 1. The van der Waals surface area contributed by atoms with Crippen LogP contribution in [0.25, 0.3) is 0 Å². The fraction of sp³-hybridized carbons (Fsp3) is 0.933. The number of nitrogens with zero attached hydrogens (tertiary/aromatic N) is 1. The highest BCUT2D eigenvalue weighted by Crippen LogP contribution is 2.27. The maximum Gasteiger partial charge on any atom is 0.412 e. The molecule has 1 unspecified atom stereocenters. The van der Waals surface area contributed by atoms with Crippen molar-refractivity contribution < 1.29 is 14.3 Å². The van der Waals surface area contributed by atoms with Crippen LogP contribution in [0.4, 0.5) is 4.79 Å². The minimum absolute atomic E-state index is 0.202. The van der Waals surface area contributed by atoms with Crippen molar-refractivity contribution in [1.29, 1.82) is 0 Å². The lowest BCUT2D eigenvalue weighted by atomic mass is 9.86. The number of rotatable bonds is 5. The second kappa shape index (κ2) is 7.13. The van der Waals surface area contributed by atoms with Crippen LogP contribution in [-0.4, -0.2) is 37.0 Å². The van der Waals surface area contributed by atoms with Gasteiger partial charge in [0.25, 0.3) is 0 Å². The van der Waals surface area contributed by atoms with Gasteiger partial charge in [-0.1, -0.05) is 20.3 Å². The van der Waals surface area contributed by atoms with E-state index < -0.39 is 6.29 Å². The highest BCUT2D eigenvalue weighted by molar-refractivity contribution is 5.67. The molecule has 4 heteroatoms. The average Bonchev–Trinajstić information content (AvgIpc) is 2.36. The molecule has 1 aliphatic carbocycles. The first-order chi connectivity index (χ1) is 9.16. The van der Waals surface area contributed by atoms with Gasteiger partial charge >= 0.3 is 6.09 Å². The molecule has 2 aliphatic rings. The van der Waals surface area contributed by atoms with E-state index in [1.165, 1.54) is 25.7 Å². The van der Waals surface area contributed by atoms with Crippen molar-refractivity contribution in [2.24, 2.45) is 11.8 Å². The normalized spacial score (nSPS) is 22.2. The van der Waals surface area contributed by atoms with Gasteiger partial charge in [-0.2, -0.15) is 0 Å². The summed E-state index contributed by atoms with van der Waals surface area (Å²) in [6, 6.07) is 0. The van der Waals surface area contributed by atoms with Crippen molar-refractivity contribution in [1.82, 2.24) is 4.90 Å². The van der Waals surface area contributed by atoms with E-state index in [1.807, 2.05) is 18.7 Å². The third-order valence-corrected chi connectivity index (χ3v) is 4.10. The predicted molar refractivity (Wildman–Crippen MR) is 73.8 cm³/mol. The van der Waals surface area contributed by atoms with E-state index in [-0.39, 0.29) is 12.0 Å². The van der Waals surface area contributed by atoms with Crippen LogP contribution >= 0.6 is 0 Å². The van der Waals surface area contributed by atoms with Crippen molar-refractivity contribution in [3.8, 4) is 0 Å². The molecule has 4 nitrogen and oxygen atoms in total. The lowest BCUT2D eigenvalue weighted by Gasteiger charge is -2.31. The summed E-state index contributed by atoms with van der Waals surface area (Å²) in [7, 11) is 0. The first-order valence-corrected chi connectivity index (χ1v) is 7.74. The SMILES string of the molecule is CC(C)C(OCC1CCC1)OC(=O)N1CCCCC1. The van der Waals surface area contributed by atoms with Crippen LogP contribution in [0.15, 0.2) is 0 Å².